The minimum absolute atomic E-state index is 0.222. The maximum atomic E-state index is 13.9. The first-order valence-corrected chi connectivity index (χ1v) is 14.3. The molecular weight excluding hydrogens is 579 g/mol. The fraction of sp³-hybridized carbons (Fsp3) is 0.188. The van der Waals surface area contributed by atoms with Gasteiger partial charge in [0.2, 0.25) is 5.88 Å². The van der Waals surface area contributed by atoms with Gasteiger partial charge in [0.25, 0.3) is 0 Å². The lowest BCUT2D eigenvalue weighted by atomic mass is 9.93. The summed E-state index contributed by atoms with van der Waals surface area (Å²) >= 11 is 18.9. The SMILES string of the molecule is Cc1cccc(C2CC2)c1Oc1nnc(Cl)cc1-c1ccccc1-c1c(C(=O)c2ccc(Cl)cc2Cl)c(C)nn1C. The molecular formula is C32H25Cl3N4O2. The van der Waals surface area contributed by atoms with Gasteiger partial charge in [0.15, 0.2) is 10.9 Å². The van der Waals surface area contributed by atoms with Crippen molar-refractivity contribution in [2.24, 2.45) is 7.05 Å². The van der Waals surface area contributed by atoms with Crippen LogP contribution in [0.2, 0.25) is 15.2 Å². The number of hydrogen-bond acceptors (Lipinski definition) is 5. The summed E-state index contributed by atoms with van der Waals surface area (Å²) in [5.74, 6) is 1.34. The molecule has 6 rings (SSSR count). The third-order valence-corrected chi connectivity index (χ3v) is 8.02. The van der Waals surface area contributed by atoms with Crippen LogP contribution in [0.3, 0.4) is 0 Å². The molecule has 2 heterocycles. The van der Waals surface area contributed by atoms with Crippen LogP contribution in [-0.2, 0) is 7.05 Å². The number of rotatable bonds is 7. The molecule has 5 aromatic rings. The second-order valence-corrected chi connectivity index (χ2v) is 11.4. The molecule has 0 amide bonds. The lowest BCUT2D eigenvalue weighted by Crippen LogP contribution is -2.06. The van der Waals surface area contributed by atoms with E-state index in [1.807, 2.05) is 44.3 Å². The highest BCUT2D eigenvalue weighted by Crippen LogP contribution is 2.47. The van der Waals surface area contributed by atoms with E-state index >= 15 is 0 Å². The van der Waals surface area contributed by atoms with Gasteiger partial charge in [-0.1, -0.05) is 77.3 Å². The van der Waals surface area contributed by atoms with Crippen molar-refractivity contribution in [3.05, 3.63) is 110 Å². The summed E-state index contributed by atoms with van der Waals surface area (Å²) in [5.41, 5.74) is 6.33. The summed E-state index contributed by atoms with van der Waals surface area (Å²) in [6.45, 7) is 3.83. The van der Waals surface area contributed by atoms with Crippen molar-refractivity contribution in [3.8, 4) is 34.0 Å². The first-order chi connectivity index (χ1) is 19.7. The number of para-hydroxylation sites is 1. The van der Waals surface area contributed by atoms with E-state index in [-0.39, 0.29) is 16.0 Å². The molecule has 9 heteroatoms. The van der Waals surface area contributed by atoms with Gasteiger partial charge in [0.05, 0.1) is 22.0 Å². The maximum absolute atomic E-state index is 13.9. The summed E-state index contributed by atoms with van der Waals surface area (Å²) in [5, 5.41) is 14.0. The lowest BCUT2D eigenvalue weighted by molar-refractivity contribution is 0.103. The molecule has 0 N–H and O–H groups in total. The molecule has 0 aliphatic heterocycles. The second kappa shape index (κ2) is 10.9. The van der Waals surface area contributed by atoms with E-state index in [2.05, 4.69) is 27.4 Å². The Balaban J connectivity index is 1.51. The molecule has 1 fully saturated rings. The molecule has 41 heavy (non-hydrogen) atoms. The first-order valence-electron chi connectivity index (χ1n) is 13.2. The summed E-state index contributed by atoms with van der Waals surface area (Å²) in [7, 11) is 1.81. The van der Waals surface area contributed by atoms with Crippen molar-refractivity contribution in [1.29, 1.82) is 0 Å². The number of hydrogen-bond donors (Lipinski definition) is 0. The molecule has 0 saturated heterocycles. The standard InChI is InChI=1S/C32H25Cl3N4O2/c1-17-7-6-10-21(19-11-12-19)31(17)41-32-25(16-27(35)36-37-32)22-8-4-5-9-23(22)29-28(18(2)38-39(29)3)30(40)24-14-13-20(33)15-26(24)34/h4-10,13-16,19H,11-12H2,1-3H3. The molecule has 1 aliphatic rings. The molecule has 3 aromatic carbocycles. The van der Waals surface area contributed by atoms with E-state index in [0.717, 1.165) is 40.8 Å². The summed E-state index contributed by atoms with van der Waals surface area (Å²) in [6, 6.07) is 20.5. The van der Waals surface area contributed by atoms with E-state index in [1.54, 1.807) is 35.9 Å². The van der Waals surface area contributed by atoms with Crippen LogP contribution >= 0.6 is 34.8 Å². The third-order valence-electron chi connectivity index (χ3n) is 7.29. The molecule has 0 bridgehead atoms. The number of ketones is 1. The zero-order chi connectivity index (χ0) is 28.8. The summed E-state index contributed by atoms with van der Waals surface area (Å²) in [6.07, 6.45) is 2.27. The fourth-order valence-corrected chi connectivity index (χ4v) is 5.87. The van der Waals surface area contributed by atoms with Crippen LogP contribution in [-0.4, -0.2) is 25.8 Å². The van der Waals surface area contributed by atoms with Crippen molar-refractivity contribution in [2.45, 2.75) is 32.6 Å². The predicted octanol–water partition coefficient (Wildman–Crippen LogP) is 9.02. The van der Waals surface area contributed by atoms with Gasteiger partial charge in [-0.25, -0.2) is 0 Å². The Morgan fingerprint density at radius 3 is 2.39 bits per heavy atom. The fourth-order valence-electron chi connectivity index (χ4n) is 5.22. The number of benzene rings is 3. The van der Waals surface area contributed by atoms with Gasteiger partial charge < -0.3 is 4.74 Å². The Kier molecular flexibility index (Phi) is 7.32. The highest BCUT2D eigenvalue weighted by Gasteiger charge is 2.30. The first kappa shape index (κ1) is 27.5. The summed E-state index contributed by atoms with van der Waals surface area (Å²) in [4.78, 5) is 13.9. The average molecular weight is 604 g/mol. The largest absolute Gasteiger partial charge is 0.436 e. The van der Waals surface area contributed by atoms with Crippen LogP contribution in [0, 0.1) is 13.8 Å². The van der Waals surface area contributed by atoms with Crippen molar-refractivity contribution < 1.29 is 9.53 Å². The Bertz CT molecular complexity index is 1830. The minimum Gasteiger partial charge on any atom is -0.436 e. The number of halogens is 3. The molecule has 0 atom stereocenters. The number of aryl methyl sites for hydroxylation is 3. The molecule has 1 saturated carbocycles. The lowest BCUT2D eigenvalue weighted by Gasteiger charge is -2.17. The maximum Gasteiger partial charge on any atom is 0.246 e. The molecule has 0 radical (unpaired) electrons. The Morgan fingerprint density at radius 2 is 1.66 bits per heavy atom. The van der Waals surface area contributed by atoms with E-state index in [0.29, 0.717) is 44.9 Å². The van der Waals surface area contributed by atoms with E-state index < -0.39 is 0 Å². The molecule has 206 valence electrons. The van der Waals surface area contributed by atoms with Crippen molar-refractivity contribution in [1.82, 2.24) is 20.0 Å². The predicted molar refractivity (Wildman–Crippen MR) is 163 cm³/mol. The molecule has 1 aliphatic carbocycles. The van der Waals surface area contributed by atoms with E-state index in [1.165, 1.54) is 0 Å². The van der Waals surface area contributed by atoms with Gasteiger partial charge in [-0.2, -0.15) is 5.10 Å². The van der Waals surface area contributed by atoms with Crippen LogP contribution in [0.15, 0.2) is 66.7 Å². The number of nitrogens with zero attached hydrogens (tertiary/aromatic N) is 4. The Labute approximate surface area is 252 Å². The third kappa shape index (κ3) is 5.23. The number of aromatic nitrogens is 4. The zero-order valence-electron chi connectivity index (χ0n) is 22.6. The monoisotopic (exact) mass is 602 g/mol. The zero-order valence-corrected chi connectivity index (χ0v) is 24.8. The van der Waals surface area contributed by atoms with Crippen LogP contribution in [0.1, 0.15) is 51.5 Å². The number of carbonyl (C=O) groups excluding carboxylic acids is 1. The van der Waals surface area contributed by atoms with Gasteiger partial charge >= 0.3 is 0 Å². The Morgan fingerprint density at radius 1 is 0.902 bits per heavy atom. The molecule has 2 aromatic heterocycles. The van der Waals surface area contributed by atoms with E-state index in [4.69, 9.17) is 39.5 Å². The normalized spacial score (nSPS) is 12.9. The minimum atomic E-state index is -0.251. The average Bonchev–Trinajstić information content (AvgIpc) is 3.74. The van der Waals surface area contributed by atoms with E-state index in [9.17, 15) is 4.79 Å². The van der Waals surface area contributed by atoms with Gasteiger partial charge in [0, 0.05) is 28.8 Å². The summed E-state index contributed by atoms with van der Waals surface area (Å²) < 4.78 is 8.23. The topological polar surface area (TPSA) is 69.9 Å². The number of carbonyl (C=O) groups is 1. The van der Waals surface area contributed by atoms with Crippen LogP contribution in [0.4, 0.5) is 0 Å². The van der Waals surface area contributed by atoms with Crippen LogP contribution < -0.4 is 4.74 Å². The quantitative estimate of drug-likeness (QED) is 0.174. The van der Waals surface area contributed by atoms with Gasteiger partial charge in [-0.15, -0.1) is 10.2 Å². The molecule has 6 nitrogen and oxygen atoms in total. The van der Waals surface area contributed by atoms with Crippen molar-refractivity contribution in [3.63, 3.8) is 0 Å². The molecule has 0 spiro atoms. The van der Waals surface area contributed by atoms with Crippen LogP contribution in [0.5, 0.6) is 11.6 Å². The van der Waals surface area contributed by atoms with Crippen molar-refractivity contribution >= 4 is 40.6 Å². The van der Waals surface area contributed by atoms with Gasteiger partial charge in [-0.3, -0.25) is 9.48 Å². The highest BCUT2D eigenvalue weighted by molar-refractivity contribution is 6.37. The van der Waals surface area contributed by atoms with Crippen LogP contribution in [0.25, 0.3) is 22.4 Å². The highest BCUT2D eigenvalue weighted by atomic mass is 35.5. The van der Waals surface area contributed by atoms with Gasteiger partial charge in [0.1, 0.15) is 5.75 Å². The Hall–Kier alpha value is -3.71. The number of ether oxygens (including phenoxy) is 1. The van der Waals surface area contributed by atoms with Crippen molar-refractivity contribution in [2.75, 3.05) is 0 Å². The molecule has 0 unspecified atom stereocenters. The van der Waals surface area contributed by atoms with Gasteiger partial charge in [-0.05, 0) is 73.6 Å². The second-order valence-electron chi connectivity index (χ2n) is 10.2. The smallest absolute Gasteiger partial charge is 0.246 e.